The van der Waals surface area contributed by atoms with Crippen molar-refractivity contribution in [1.29, 1.82) is 5.26 Å². The molecule has 0 fully saturated rings. The Bertz CT molecular complexity index is 564. The molecular formula is C16H15NO2. The SMILES string of the molecule is C=C(C(=O)O)C(C)(C=CC#N)C=Cc1ccccc1. The number of hydrogen-bond acceptors (Lipinski definition) is 2. The Labute approximate surface area is 112 Å². The summed E-state index contributed by atoms with van der Waals surface area (Å²) in [6.07, 6.45) is 6.34. The van der Waals surface area contributed by atoms with Gasteiger partial charge in [0.25, 0.3) is 0 Å². The number of hydrogen-bond donors (Lipinski definition) is 1. The van der Waals surface area contributed by atoms with Crippen LogP contribution in [0.4, 0.5) is 0 Å². The van der Waals surface area contributed by atoms with Crippen LogP contribution in [0.3, 0.4) is 0 Å². The number of rotatable bonds is 5. The Morgan fingerprint density at radius 3 is 2.53 bits per heavy atom. The maximum Gasteiger partial charge on any atom is 0.332 e. The van der Waals surface area contributed by atoms with Crippen molar-refractivity contribution in [3.63, 3.8) is 0 Å². The zero-order valence-electron chi connectivity index (χ0n) is 10.7. The van der Waals surface area contributed by atoms with Crippen LogP contribution in [0, 0.1) is 16.7 Å². The highest BCUT2D eigenvalue weighted by Crippen LogP contribution is 2.30. The number of benzene rings is 1. The van der Waals surface area contributed by atoms with E-state index in [1.54, 1.807) is 13.0 Å². The molecule has 96 valence electrons. The predicted molar refractivity (Wildman–Crippen MR) is 75.1 cm³/mol. The maximum absolute atomic E-state index is 11.1. The molecule has 1 aromatic carbocycles. The molecule has 0 amide bonds. The average Bonchev–Trinajstić information content (AvgIpc) is 2.43. The summed E-state index contributed by atoms with van der Waals surface area (Å²) in [5, 5.41) is 17.7. The summed E-state index contributed by atoms with van der Waals surface area (Å²) < 4.78 is 0. The zero-order chi connectivity index (χ0) is 14.3. The van der Waals surface area contributed by atoms with Crippen LogP contribution in [0.2, 0.25) is 0 Å². The maximum atomic E-state index is 11.1. The van der Waals surface area contributed by atoms with Crippen LogP contribution in [0.1, 0.15) is 12.5 Å². The summed E-state index contributed by atoms with van der Waals surface area (Å²) in [4.78, 5) is 11.1. The van der Waals surface area contributed by atoms with Crippen molar-refractivity contribution in [3.05, 3.63) is 66.3 Å². The molecule has 1 N–H and O–H groups in total. The smallest absolute Gasteiger partial charge is 0.332 e. The van der Waals surface area contributed by atoms with E-state index in [0.717, 1.165) is 5.56 Å². The number of carboxylic acid groups (broad SMARTS) is 1. The summed E-state index contributed by atoms with van der Waals surface area (Å²) in [6.45, 7) is 5.29. The van der Waals surface area contributed by atoms with E-state index in [9.17, 15) is 4.79 Å². The first kappa shape index (κ1) is 14.5. The summed E-state index contributed by atoms with van der Waals surface area (Å²) in [6, 6.07) is 11.4. The first-order valence-corrected chi connectivity index (χ1v) is 5.74. The largest absolute Gasteiger partial charge is 0.478 e. The van der Waals surface area contributed by atoms with E-state index in [4.69, 9.17) is 10.4 Å². The fraction of sp³-hybridized carbons (Fsp3) is 0.125. The number of carbonyl (C=O) groups is 1. The summed E-state index contributed by atoms with van der Waals surface area (Å²) in [5.41, 5.74) is 0.0840. The number of aliphatic carboxylic acids is 1. The Morgan fingerprint density at radius 2 is 2.00 bits per heavy atom. The normalized spacial score (nSPS) is 14.1. The molecule has 3 heteroatoms. The van der Waals surface area contributed by atoms with Gasteiger partial charge in [-0.1, -0.05) is 55.1 Å². The summed E-state index contributed by atoms with van der Waals surface area (Å²) in [5.74, 6) is -1.08. The van der Waals surface area contributed by atoms with E-state index < -0.39 is 11.4 Å². The lowest BCUT2D eigenvalue weighted by Crippen LogP contribution is -2.19. The van der Waals surface area contributed by atoms with Crippen molar-refractivity contribution in [3.8, 4) is 6.07 Å². The van der Waals surface area contributed by atoms with Crippen LogP contribution in [0.15, 0.2) is 60.7 Å². The van der Waals surface area contributed by atoms with E-state index >= 15 is 0 Å². The van der Waals surface area contributed by atoms with Crippen LogP contribution < -0.4 is 0 Å². The Morgan fingerprint density at radius 1 is 1.37 bits per heavy atom. The monoisotopic (exact) mass is 253 g/mol. The van der Waals surface area contributed by atoms with E-state index in [2.05, 4.69) is 6.58 Å². The summed E-state index contributed by atoms with van der Waals surface area (Å²) in [7, 11) is 0. The molecule has 19 heavy (non-hydrogen) atoms. The first-order chi connectivity index (χ1) is 8.99. The van der Waals surface area contributed by atoms with Crippen molar-refractivity contribution in [2.75, 3.05) is 0 Å². The van der Waals surface area contributed by atoms with Crippen molar-refractivity contribution in [2.45, 2.75) is 6.92 Å². The Hall–Kier alpha value is -2.60. The molecule has 1 unspecified atom stereocenters. The van der Waals surface area contributed by atoms with Gasteiger partial charge < -0.3 is 5.11 Å². The molecule has 1 atom stereocenters. The van der Waals surface area contributed by atoms with Gasteiger partial charge in [-0.05, 0) is 12.5 Å². The van der Waals surface area contributed by atoms with E-state index in [-0.39, 0.29) is 5.57 Å². The molecule has 0 aromatic heterocycles. The van der Waals surface area contributed by atoms with Crippen molar-refractivity contribution >= 4 is 12.0 Å². The third-order valence-corrected chi connectivity index (χ3v) is 2.83. The Kier molecular flexibility index (Phi) is 4.84. The van der Waals surface area contributed by atoms with Crippen molar-refractivity contribution in [2.24, 2.45) is 5.41 Å². The second-order valence-electron chi connectivity index (χ2n) is 4.27. The van der Waals surface area contributed by atoms with Crippen LogP contribution in [-0.2, 0) is 4.79 Å². The molecule has 0 aliphatic rings. The van der Waals surface area contributed by atoms with Crippen molar-refractivity contribution < 1.29 is 9.90 Å². The van der Waals surface area contributed by atoms with Gasteiger partial charge >= 0.3 is 5.97 Å². The van der Waals surface area contributed by atoms with Gasteiger partial charge in [0.2, 0.25) is 0 Å². The van der Waals surface area contributed by atoms with Gasteiger partial charge in [0.05, 0.1) is 6.07 Å². The second kappa shape index (κ2) is 6.36. The van der Waals surface area contributed by atoms with Gasteiger partial charge in [-0.2, -0.15) is 5.26 Å². The third-order valence-electron chi connectivity index (χ3n) is 2.83. The van der Waals surface area contributed by atoms with Gasteiger partial charge in [0.15, 0.2) is 0 Å². The van der Waals surface area contributed by atoms with Gasteiger partial charge in [-0.15, -0.1) is 0 Å². The highest BCUT2D eigenvalue weighted by Gasteiger charge is 2.26. The first-order valence-electron chi connectivity index (χ1n) is 5.74. The molecule has 0 aliphatic heterocycles. The van der Waals surface area contributed by atoms with E-state index in [1.165, 1.54) is 12.2 Å². The minimum atomic E-state index is -1.08. The molecule has 0 bridgehead atoms. The van der Waals surface area contributed by atoms with Crippen molar-refractivity contribution in [1.82, 2.24) is 0 Å². The van der Waals surface area contributed by atoms with E-state index in [1.807, 2.05) is 42.5 Å². The topological polar surface area (TPSA) is 61.1 Å². The molecule has 0 heterocycles. The lowest BCUT2D eigenvalue weighted by atomic mass is 9.81. The highest BCUT2D eigenvalue weighted by molar-refractivity contribution is 5.88. The molecule has 0 saturated heterocycles. The summed E-state index contributed by atoms with van der Waals surface area (Å²) >= 11 is 0. The molecule has 0 spiro atoms. The van der Waals surface area contributed by atoms with Gasteiger partial charge in [-0.3, -0.25) is 0 Å². The number of allylic oxidation sites excluding steroid dienone is 3. The molecule has 3 nitrogen and oxygen atoms in total. The predicted octanol–water partition coefficient (Wildman–Crippen LogP) is 3.43. The van der Waals surface area contributed by atoms with E-state index in [0.29, 0.717) is 0 Å². The Balaban J connectivity index is 3.09. The molecule has 1 rings (SSSR count). The standard InChI is InChI=1S/C16H15NO2/c1-13(15(18)19)16(2,10-6-12-17)11-9-14-7-4-3-5-8-14/h3-11H,1H2,2H3,(H,18,19). The molecule has 1 aromatic rings. The zero-order valence-corrected chi connectivity index (χ0v) is 10.7. The molecule has 0 radical (unpaired) electrons. The fourth-order valence-electron chi connectivity index (χ4n) is 1.53. The van der Waals surface area contributed by atoms with Crippen LogP contribution in [0.5, 0.6) is 0 Å². The molecular weight excluding hydrogens is 238 g/mol. The third kappa shape index (κ3) is 3.97. The van der Waals surface area contributed by atoms with Gasteiger partial charge in [0.1, 0.15) is 0 Å². The second-order valence-corrected chi connectivity index (χ2v) is 4.27. The van der Waals surface area contributed by atoms with Crippen LogP contribution in [0.25, 0.3) is 6.08 Å². The number of nitriles is 1. The molecule has 0 aliphatic carbocycles. The lowest BCUT2D eigenvalue weighted by molar-refractivity contribution is -0.133. The number of carboxylic acids is 1. The lowest BCUT2D eigenvalue weighted by Gasteiger charge is -2.21. The fourth-order valence-corrected chi connectivity index (χ4v) is 1.53. The van der Waals surface area contributed by atoms with Crippen LogP contribution >= 0.6 is 0 Å². The minimum absolute atomic E-state index is 0.0196. The van der Waals surface area contributed by atoms with Gasteiger partial charge in [-0.25, -0.2) is 4.79 Å². The average molecular weight is 253 g/mol. The minimum Gasteiger partial charge on any atom is -0.478 e. The highest BCUT2D eigenvalue weighted by atomic mass is 16.4. The number of nitrogens with zero attached hydrogens (tertiary/aromatic N) is 1. The molecule has 0 saturated carbocycles. The quantitative estimate of drug-likeness (QED) is 0.646. The van der Waals surface area contributed by atoms with Gasteiger partial charge in [0, 0.05) is 17.1 Å². The van der Waals surface area contributed by atoms with Crippen LogP contribution in [-0.4, -0.2) is 11.1 Å².